The smallest absolute Gasteiger partial charge is 0.160 e. The molecule has 3 rings (SSSR count). The van der Waals surface area contributed by atoms with E-state index in [0.717, 1.165) is 16.3 Å². The highest BCUT2D eigenvalue weighted by Crippen LogP contribution is 2.37. The summed E-state index contributed by atoms with van der Waals surface area (Å²) >= 11 is 7.50. The number of thioether (sulfide) groups is 1. The Morgan fingerprint density at radius 3 is 2.38 bits per heavy atom. The van der Waals surface area contributed by atoms with Crippen molar-refractivity contribution in [1.82, 2.24) is 0 Å². The second-order valence-corrected chi connectivity index (χ2v) is 6.56. The van der Waals surface area contributed by atoms with E-state index in [1.165, 1.54) is 11.1 Å². The van der Waals surface area contributed by atoms with Crippen LogP contribution in [0.25, 0.3) is 5.70 Å². The second kappa shape index (κ2) is 5.96. The number of hydrogen-bond acceptors (Lipinski definition) is 3. The van der Waals surface area contributed by atoms with Crippen LogP contribution in [0.15, 0.2) is 59.6 Å². The van der Waals surface area contributed by atoms with Gasteiger partial charge in [0, 0.05) is 5.02 Å². The molecule has 0 fully saturated rings. The number of aliphatic imine (C=N–C) groups is 1. The zero-order valence-electron chi connectivity index (χ0n) is 11.6. The minimum absolute atomic E-state index is 0.163. The summed E-state index contributed by atoms with van der Waals surface area (Å²) < 4.78 is 0. The third-order valence-corrected chi connectivity index (χ3v) is 4.58. The van der Waals surface area contributed by atoms with Crippen LogP contribution in [0.4, 0.5) is 0 Å². The van der Waals surface area contributed by atoms with Gasteiger partial charge in [0.2, 0.25) is 0 Å². The molecule has 2 aromatic carbocycles. The highest BCUT2D eigenvalue weighted by atomic mass is 35.5. The van der Waals surface area contributed by atoms with E-state index >= 15 is 0 Å². The van der Waals surface area contributed by atoms with Crippen LogP contribution in [0.3, 0.4) is 0 Å². The van der Waals surface area contributed by atoms with E-state index in [-0.39, 0.29) is 5.25 Å². The zero-order chi connectivity index (χ0) is 14.8. The van der Waals surface area contributed by atoms with Crippen LogP contribution in [0.5, 0.6) is 0 Å². The van der Waals surface area contributed by atoms with Crippen molar-refractivity contribution < 1.29 is 0 Å². The van der Waals surface area contributed by atoms with E-state index < -0.39 is 0 Å². The topological polar surface area (TPSA) is 38.4 Å². The molecule has 0 spiro atoms. The Bertz CT molecular complexity index is 703. The number of aryl methyl sites for hydroxylation is 1. The summed E-state index contributed by atoms with van der Waals surface area (Å²) in [5.41, 5.74) is 10.4. The van der Waals surface area contributed by atoms with Gasteiger partial charge in [-0.25, -0.2) is 4.99 Å². The normalized spacial score (nSPS) is 18.1. The number of benzene rings is 2. The summed E-state index contributed by atoms with van der Waals surface area (Å²) in [5, 5.41) is 1.49. The fourth-order valence-electron chi connectivity index (χ4n) is 2.19. The Morgan fingerprint density at radius 1 is 1.05 bits per heavy atom. The van der Waals surface area contributed by atoms with Gasteiger partial charge in [-0.05, 0) is 36.3 Å². The van der Waals surface area contributed by atoms with Crippen LogP contribution >= 0.6 is 23.4 Å². The highest BCUT2D eigenvalue weighted by Gasteiger charge is 2.18. The van der Waals surface area contributed by atoms with E-state index in [1.54, 1.807) is 11.8 Å². The lowest BCUT2D eigenvalue weighted by molar-refractivity contribution is 1.22. The molecule has 0 aliphatic carbocycles. The SMILES string of the molecule is Cc1ccc(C2=CC(c3ccc(Cl)cc3)SC(N)=N2)cc1. The minimum atomic E-state index is 0.163. The van der Waals surface area contributed by atoms with E-state index in [9.17, 15) is 0 Å². The molecule has 1 heterocycles. The average Bonchev–Trinajstić information content (AvgIpc) is 2.48. The first-order chi connectivity index (χ1) is 10.1. The Kier molecular flexibility index (Phi) is 4.04. The Labute approximate surface area is 133 Å². The molecule has 1 unspecified atom stereocenters. The van der Waals surface area contributed by atoms with Crippen molar-refractivity contribution in [2.24, 2.45) is 10.7 Å². The summed E-state index contributed by atoms with van der Waals surface area (Å²) in [5.74, 6) is 0. The molecule has 0 aromatic heterocycles. The summed E-state index contributed by atoms with van der Waals surface area (Å²) in [6.07, 6.45) is 2.15. The standard InChI is InChI=1S/C17H15ClN2S/c1-11-2-4-12(5-3-11)15-10-16(21-17(19)20-15)13-6-8-14(18)9-7-13/h2-10,16H,1H3,(H2,19,20). The molecule has 2 N–H and O–H groups in total. The molecule has 0 radical (unpaired) electrons. The van der Waals surface area contributed by atoms with Gasteiger partial charge in [-0.1, -0.05) is 65.3 Å². The summed E-state index contributed by atoms with van der Waals surface area (Å²) in [7, 11) is 0. The number of nitrogens with two attached hydrogens (primary N) is 1. The maximum absolute atomic E-state index is 6.00. The summed E-state index contributed by atoms with van der Waals surface area (Å²) in [4.78, 5) is 4.47. The zero-order valence-corrected chi connectivity index (χ0v) is 13.2. The largest absolute Gasteiger partial charge is 0.378 e. The quantitative estimate of drug-likeness (QED) is 0.865. The molecular formula is C17H15ClN2S. The summed E-state index contributed by atoms with van der Waals surface area (Å²) in [6.45, 7) is 2.07. The van der Waals surface area contributed by atoms with Gasteiger partial charge in [0.15, 0.2) is 5.17 Å². The molecule has 106 valence electrons. The Morgan fingerprint density at radius 2 is 1.71 bits per heavy atom. The molecule has 21 heavy (non-hydrogen) atoms. The van der Waals surface area contributed by atoms with Gasteiger partial charge in [0.25, 0.3) is 0 Å². The van der Waals surface area contributed by atoms with Crippen LogP contribution in [0.1, 0.15) is 21.9 Å². The van der Waals surface area contributed by atoms with E-state index in [1.807, 2.05) is 24.3 Å². The minimum Gasteiger partial charge on any atom is -0.378 e. The predicted molar refractivity (Wildman–Crippen MR) is 92.6 cm³/mol. The number of hydrogen-bond donors (Lipinski definition) is 1. The van der Waals surface area contributed by atoms with Gasteiger partial charge < -0.3 is 5.73 Å². The van der Waals surface area contributed by atoms with Crippen molar-refractivity contribution in [3.63, 3.8) is 0 Å². The molecule has 0 amide bonds. The van der Waals surface area contributed by atoms with Gasteiger partial charge in [0.05, 0.1) is 10.9 Å². The van der Waals surface area contributed by atoms with Gasteiger partial charge in [0.1, 0.15) is 0 Å². The van der Waals surface area contributed by atoms with Gasteiger partial charge >= 0.3 is 0 Å². The number of halogens is 1. The first kappa shape index (κ1) is 14.2. The number of amidine groups is 1. The predicted octanol–water partition coefficient (Wildman–Crippen LogP) is 4.79. The second-order valence-electron chi connectivity index (χ2n) is 4.96. The van der Waals surface area contributed by atoms with Crippen LogP contribution < -0.4 is 5.73 Å². The fourth-order valence-corrected chi connectivity index (χ4v) is 3.22. The fraction of sp³-hybridized carbons (Fsp3) is 0.118. The first-order valence-corrected chi connectivity index (χ1v) is 7.93. The van der Waals surface area contributed by atoms with Crippen molar-refractivity contribution in [2.75, 3.05) is 0 Å². The molecule has 1 aliphatic heterocycles. The van der Waals surface area contributed by atoms with Crippen LogP contribution in [-0.2, 0) is 0 Å². The van der Waals surface area contributed by atoms with Crippen molar-refractivity contribution in [2.45, 2.75) is 12.2 Å². The van der Waals surface area contributed by atoms with Gasteiger partial charge in [-0.3, -0.25) is 0 Å². The molecule has 2 aromatic rings. The van der Waals surface area contributed by atoms with E-state index in [4.69, 9.17) is 17.3 Å². The van der Waals surface area contributed by atoms with Crippen LogP contribution in [0, 0.1) is 6.92 Å². The van der Waals surface area contributed by atoms with Crippen LogP contribution in [-0.4, -0.2) is 5.17 Å². The van der Waals surface area contributed by atoms with Gasteiger partial charge in [-0.2, -0.15) is 0 Å². The Balaban J connectivity index is 1.95. The van der Waals surface area contributed by atoms with Gasteiger partial charge in [-0.15, -0.1) is 0 Å². The third-order valence-electron chi connectivity index (χ3n) is 3.33. The van der Waals surface area contributed by atoms with Crippen molar-refractivity contribution in [3.05, 3.63) is 76.3 Å². The highest BCUT2D eigenvalue weighted by molar-refractivity contribution is 8.14. The molecule has 4 heteroatoms. The van der Waals surface area contributed by atoms with E-state index in [0.29, 0.717) is 5.17 Å². The molecule has 1 aliphatic rings. The number of rotatable bonds is 2. The first-order valence-electron chi connectivity index (χ1n) is 6.67. The molecule has 0 saturated heterocycles. The third kappa shape index (κ3) is 3.31. The van der Waals surface area contributed by atoms with Crippen molar-refractivity contribution in [1.29, 1.82) is 0 Å². The molecule has 1 atom stereocenters. The molecule has 0 saturated carbocycles. The van der Waals surface area contributed by atoms with E-state index in [2.05, 4.69) is 42.3 Å². The summed E-state index contributed by atoms with van der Waals surface area (Å²) in [6, 6.07) is 16.2. The lowest BCUT2D eigenvalue weighted by Crippen LogP contribution is -2.12. The van der Waals surface area contributed by atoms with Crippen molar-refractivity contribution >= 4 is 34.2 Å². The molecule has 2 nitrogen and oxygen atoms in total. The Hall–Kier alpha value is -1.71. The maximum atomic E-state index is 6.00. The number of nitrogens with zero attached hydrogens (tertiary/aromatic N) is 1. The molecular weight excluding hydrogens is 300 g/mol. The van der Waals surface area contributed by atoms with Crippen LogP contribution in [0.2, 0.25) is 5.02 Å². The molecule has 0 bridgehead atoms. The monoisotopic (exact) mass is 314 g/mol. The average molecular weight is 315 g/mol. The maximum Gasteiger partial charge on any atom is 0.160 e. The van der Waals surface area contributed by atoms with Crippen molar-refractivity contribution in [3.8, 4) is 0 Å². The lowest BCUT2D eigenvalue weighted by atomic mass is 10.1. The lowest BCUT2D eigenvalue weighted by Gasteiger charge is -2.19.